The molecule has 0 aliphatic heterocycles. The number of benzene rings is 1. The van der Waals surface area contributed by atoms with Gasteiger partial charge >= 0.3 is 0 Å². The van der Waals surface area contributed by atoms with Crippen LogP contribution >= 0.6 is 0 Å². The van der Waals surface area contributed by atoms with Crippen molar-refractivity contribution in [1.82, 2.24) is 10.6 Å². The lowest BCUT2D eigenvalue weighted by atomic mass is 9.67. The van der Waals surface area contributed by atoms with Crippen LogP contribution < -0.4 is 24.8 Å². The van der Waals surface area contributed by atoms with Crippen LogP contribution in [0.1, 0.15) is 45.1 Å². The fraction of sp³-hybridized carbons (Fsp3) is 0.650. The molecule has 146 valence electrons. The quantitative estimate of drug-likeness (QED) is 0.520. The number of nitrogens with one attached hydrogen (secondary N) is 2. The monoisotopic (exact) mass is 363 g/mol. The predicted molar refractivity (Wildman–Crippen MR) is 105 cm³/mol. The van der Waals surface area contributed by atoms with E-state index in [4.69, 9.17) is 14.2 Å². The summed E-state index contributed by atoms with van der Waals surface area (Å²) in [6.45, 7) is 6.36. The summed E-state index contributed by atoms with van der Waals surface area (Å²) in [5.74, 6) is 2.80. The van der Waals surface area contributed by atoms with Gasteiger partial charge in [0, 0.05) is 20.1 Å². The molecule has 0 spiro atoms. The molecular weight excluding hydrogens is 330 g/mol. The van der Waals surface area contributed by atoms with Crippen LogP contribution in [0.2, 0.25) is 0 Å². The molecule has 6 nitrogen and oxygen atoms in total. The maximum absolute atomic E-state index is 5.65. The van der Waals surface area contributed by atoms with Crippen LogP contribution in [0.4, 0.5) is 0 Å². The minimum absolute atomic E-state index is 0.448. The van der Waals surface area contributed by atoms with E-state index in [0.717, 1.165) is 18.1 Å². The Morgan fingerprint density at radius 1 is 1.12 bits per heavy atom. The van der Waals surface area contributed by atoms with Crippen molar-refractivity contribution in [3.8, 4) is 17.2 Å². The molecule has 1 aromatic carbocycles. The normalized spacial score (nSPS) is 15.8. The summed E-state index contributed by atoms with van der Waals surface area (Å²) in [5.41, 5.74) is 1.49. The second-order valence-electron chi connectivity index (χ2n) is 6.75. The Kier molecular flexibility index (Phi) is 7.42. The average Bonchev–Trinajstić information content (AvgIpc) is 2.64. The molecule has 0 atom stereocenters. The van der Waals surface area contributed by atoms with Crippen molar-refractivity contribution in [3.05, 3.63) is 17.7 Å². The van der Waals surface area contributed by atoms with Crippen LogP contribution in [0.25, 0.3) is 0 Å². The number of rotatable bonds is 9. The average molecular weight is 364 g/mol. The number of ether oxygens (including phenoxy) is 3. The molecule has 26 heavy (non-hydrogen) atoms. The zero-order valence-electron chi connectivity index (χ0n) is 16.8. The maximum atomic E-state index is 5.65. The van der Waals surface area contributed by atoms with Gasteiger partial charge in [0.15, 0.2) is 17.5 Å². The topological polar surface area (TPSA) is 64.1 Å². The van der Waals surface area contributed by atoms with Crippen LogP contribution in [0.15, 0.2) is 17.1 Å². The van der Waals surface area contributed by atoms with Gasteiger partial charge in [0.25, 0.3) is 0 Å². The Balaban J connectivity index is 2.00. The van der Waals surface area contributed by atoms with E-state index >= 15 is 0 Å². The second kappa shape index (κ2) is 9.55. The Hall–Kier alpha value is -2.11. The van der Waals surface area contributed by atoms with Gasteiger partial charge in [-0.15, -0.1) is 0 Å². The minimum Gasteiger partial charge on any atom is -0.493 e. The zero-order valence-corrected chi connectivity index (χ0v) is 16.8. The van der Waals surface area contributed by atoms with Crippen molar-refractivity contribution in [3.63, 3.8) is 0 Å². The SMILES string of the molecule is CCOc1c(OC)cc(CNC(=NC)NCC2(CC)CCC2)cc1OC. The summed E-state index contributed by atoms with van der Waals surface area (Å²) in [5, 5.41) is 6.85. The molecule has 1 fully saturated rings. The predicted octanol–water partition coefficient (Wildman–Crippen LogP) is 3.35. The van der Waals surface area contributed by atoms with E-state index in [1.807, 2.05) is 19.1 Å². The molecule has 0 heterocycles. The van der Waals surface area contributed by atoms with E-state index in [0.29, 0.717) is 35.8 Å². The highest BCUT2D eigenvalue weighted by Crippen LogP contribution is 2.43. The van der Waals surface area contributed by atoms with Gasteiger partial charge in [0.2, 0.25) is 5.75 Å². The standard InChI is InChI=1S/C20H33N3O3/c1-6-20(9-8-10-20)14-23-19(21-3)22-13-15-11-16(24-4)18(26-7-2)17(12-15)25-5/h11-12H,6-10,13-14H2,1-5H3,(H2,21,22,23). The fourth-order valence-electron chi connectivity index (χ4n) is 3.33. The lowest BCUT2D eigenvalue weighted by molar-refractivity contribution is 0.131. The number of methoxy groups -OCH3 is 2. The van der Waals surface area contributed by atoms with Crippen molar-refractivity contribution in [2.75, 3.05) is 34.4 Å². The number of guanidine groups is 1. The van der Waals surface area contributed by atoms with Crippen molar-refractivity contribution in [2.24, 2.45) is 10.4 Å². The first-order valence-corrected chi connectivity index (χ1v) is 9.43. The number of hydrogen-bond acceptors (Lipinski definition) is 4. The van der Waals surface area contributed by atoms with E-state index in [1.54, 1.807) is 21.3 Å². The van der Waals surface area contributed by atoms with Crippen LogP contribution in [0.5, 0.6) is 17.2 Å². The third-order valence-corrected chi connectivity index (χ3v) is 5.29. The van der Waals surface area contributed by atoms with E-state index in [1.165, 1.54) is 25.7 Å². The molecule has 2 N–H and O–H groups in total. The highest BCUT2D eigenvalue weighted by molar-refractivity contribution is 5.79. The fourth-order valence-corrected chi connectivity index (χ4v) is 3.33. The molecule has 0 unspecified atom stereocenters. The second-order valence-corrected chi connectivity index (χ2v) is 6.75. The number of nitrogens with zero attached hydrogens (tertiary/aromatic N) is 1. The van der Waals surface area contributed by atoms with Crippen LogP contribution in [0.3, 0.4) is 0 Å². The minimum atomic E-state index is 0.448. The van der Waals surface area contributed by atoms with Gasteiger partial charge in [-0.25, -0.2) is 0 Å². The Bertz CT molecular complexity index is 582. The van der Waals surface area contributed by atoms with Crippen molar-refractivity contribution < 1.29 is 14.2 Å². The van der Waals surface area contributed by atoms with E-state index < -0.39 is 0 Å². The van der Waals surface area contributed by atoms with E-state index in [-0.39, 0.29) is 0 Å². The molecule has 1 saturated carbocycles. The van der Waals surface area contributed by atoms with Gasteiger partial charge in [0.1, 0.15) is 0 Å². The molecule has 0 bridgehead atoms. The van der Waals surface area contributed by atoms with Crippen molar-refractivity contribution >= 4 is 5.96 Å². The Morgan fingerprint density at radius 2 is 1.77 bits per heavy atom. The smallest absolute Gasteiger partial charge is 0.203 e. The molecule has 1 aliphatic rings. The molecule has 0 amide bonds. The van der Waals surface area contributed by atoms with Crippen molar-refractivity contribution in [2.45, 2.75) is 46.1 Å². The Labute approximate surface area is 157 Å². The molecule has 0 saturated heterocycles. The third-order valence-electron chi connectivity index (χ3n) is 5.29. The maximum Gasteiger partial charge on any atom is 0.203 e. The Morgan fingerprint density at radius 3 is 2.19 bits per heavy atom. The van der Waals surface area contributed by atoms with Gasteiger partial charge in [0.05, 0.1) is 20.8 Å². The van der Waals surface area contributed by atoms with Crippen LogP contribution in [-0.2, 0) is 6.54 Å². The summed E-state index contributed by atoms with van der Waals surface area (Å²) < 4.78 is 16.6. The first-order chi connectivity index (χ1) is 12.6. The lowest BCUT2D eigenvalue weighted by Gasteiger charge is -2.41. The van der Waals surface area contributed by atoms with E-state index in [9.17, 15) is 0 Å². The largest absolute Gasteiger partial charge is 0.493 e. The summed E-state index contributed by atoms with van der Waals surface area (Å²) in [6.07, 6.45) is 5.17. The van der Waals surface area contributed by atoms with Gasteiger partial charge in [-0.1, -0.05) is 13.3 Å². The number of hydrogen-bond donors (Lipinski definition) is 2. The zero-order chi connectivity index (χ0) is 19.0. The summed E-state index contributed by atoms with van der Waals surface area (Å²) >= 11 is 0. The highest BCUT2D eigenvalue weighted by atomic mass is 16.5. The molecular formula is C20H33N3O3. The molecule has 6 heteroatoms. The van der Waals surface area contributed by atoms with E-state index in [2.05, 4.69) is 22.5 Å². The molecule has 1 aliphatic carbocycles. The van der Waals surface area contributed by atoms with Crippen molar-refractivity contribution in [1.29, 1.82) is 0 Å². The van der Waals surface area contributed by atoms with Crippen LogP contribution in [-0.4, -0.2) is 40.4 Å². The van der Waals surface area contributed by atoms with Gasteiger partial charge in [-0.2, -0.15) is 0 Å². The highest BCUT2D eigenvalue weighted by Gasteiger charge is 2.34. The first kappa shape index (κ1) is 20.2. The molecule has 0 aromatic heterocycles. The summed E-state index contributed by atoms with van der Waals surface area (Å²) in [6, 6.07) is 3.93. The summed E-state index contributed by atoms with van der Waals surface area (Å²) in [4.78, 5) is 4.34. The number of aliphatic imine (C=N–C) groups is 1. The van der Waals surface area contributed by atoms with Gasteiger partial charge in [-0.3, -0.25) is 4.99 Å². The molecule has 1 aromatic rings. The molecule has 2 rings (SSSR count). The third kappa shape index (κ3) is 4.74. The van der Waals surface area contributed by atoms with Gasteiger partial charge in [-0.05, 0) is 49.3 Å². The van der Waals surface area contributed by atoms with Crippen LogP contribution in [0, 0.1) is 5.41 Å². The molecule has 0 radical (unpaired) electrons. The van der Waals surface area contributed by atoms with Gasteiger partial charge < -0.3 is 24.8 Å². The first-order valence-electron chi connectivity index (χ1n) is 9.43. The lowest BCUT2D eigenvalue weighted by Crippen LogP contribution is -2.46. The summed E-state index contributed by atoms with van der Waals surface area (Å²) in [7, 11) is 5.07.